The van der Waals surface area contributed by atoms with Gasteiger partial charge in [-0.05, 0) is 12.8 Å². The SMILES string of the molecule is CCCCCCCCCCCCCCCCCCCCCC(=O)NCCOP(=O)(O)OCC(O)COC(=O)CCCCCCCCC. The monoisotopic (exact) mass is 692 g/mol. The molecule has 280 valence electrons. The van der Waals surface area contributed by atoms with Crippen molar-refractivity contribution in [1.82, 2.24) is 5.32 Å². The van der Waals surface area contributed by atoms with Gasteiger partial charge in [0.15, 0.2) is 0 Å². The van der Waals surface area contributed by atoms with E-state index < -0.39 is 26.5 Å². The van der Waals surface area contributed by atoms with Gasteiger partial charge in [0, 0.05) is 19.4 Å². The number of unbranched alkanes of at least 4 members (excludes halogenated alkanes) is 24. The molecule has 0 aliphatic carbocycles. The fourth-order valence-electron chi connectivity index (χ4n) is 5.56. The standard InChI is InChI=1S/C37H74NO8P/c1-3-5-7-9-11-12-13-14-15-16-17-18-19-20-21-22-24-25-27-29-36(40)38-31-32-45-47(42,43)46-34-35(39)33-44-37(41)30-28-26-23-10-8-6-4-2/h35,39H,3-34H2,1-2H3,(H,38,40)(H,42,43). The fraction of sp³-hybridized carbons (Fsp3) is 0.946. The minimum atomic E-state index is -4.40. The van der Waals surface area contributed by atoms with E-state index in [9.17, 15) is 24.2 Å². The molecule has 0 fully saturated rings. The molecule has 0 radical (unpaired) electrons. The smallest absolute Gasteiger partial charge is 0.463 e. The van der Waals surface area contributed by atoms with Crippen LogP contribution in [0.25, 0.3) is 0 Å². The van der Waals surface area contributed by atoms with Crippen LogP contribution >= 0.6 is 7.82 Å². The first-order chi connectivity index (χ1) is 22.8. The van der Waals surface area contributed by atoms with Gasteiger partial charge < -0.3 is 20.1 Å². The molecule has 0 spiro atoms. The summed E-state index contributed by atoms with van der Waals surface area (Å²) in [7, 11) is -4.40. The van der Waals surface area contributed by atoms with Crippen LogP contribution in [-0.4, -0.2) is 54.3 Å². The maximum Gasteiger partial charge on any atom is 0.472 e. The van der Waals surface area contributed by atoms with Gasteiger partial charge in [0.1, 0.15) is 12.7 Å². The number of carbonyl (C=O) groups is 2. The van der Waals surface area contributed by atoms with E-state index in [0.717, 1.165) is 38.5 Å². The molecule has 2 atom stereocenters. The van der Waals surface area contributed by atoms with Crippen molar-refractivity contribution in [3.8, 4) is 0 Å². The Morgan fingerprint density at radius 3 is 1.38 bits per heavy atom. The summed E-state index contributed by atoms with van der Waals surface area (Å²) in [6.07, 6.45) is 32.0. The molecule has 0 rings (SSSR count). The summed E-state index contributed by atoms with van der Waals surface area (Å²) in [5, 5.41) is 12.6. The number of rotatable bonds is 37. The van der Waals surface area contributed by atoms with Gasteiger partial charge in [0.2, 0.25) is 5.91 Å². The number of esters is 1. The molecule has 47 heavy (non-hydrogen) atoms. The summed E-state index contributed by atoms with van der Waals surface area (Å²) in [6.45, 7) is 3.52. The Bertz CT molecular complexity index is 754. The summed E-state index contributed by atoms with van der Waals surface area (Å²) in [5.41, 5.74) is 0. The zero-order chi connectivity index (χ0) is 34.7. The molecule has 10 heteroatoms. The molecule has 0 heterocycles. The molecule has 1 amide bonds. The minimum Gasteiger partial charge on any atom is -0.463 e. The van der Waals surface area contributed by atoms with E-state index in [0.29, 0.717) is 6.42 Å². The Balaban J connectivity index is 3.52. The van der Waals surface area contributed by atoms with E-state index >= 15 is 0 Å². The van der Waals surface area contributed by atoms with E-state index in [1.807, 2.05) is 0 Å². The molecule has 0 bridgehead atoms. The molecule has 3 N–H and O–H groups in total. The van der Waals surface area contributed by atoms with Gasteiger partial charge in [0.25, 0.3) is 0 Å². The molecule has 9 nitrogen and oxygen atoms in total. The van der Waals surface area contributed by atoms with Crippen LogP contribution < -0.4 is 5.32 Å². The second-order valence-corrected chi connectivity index (χ2v) is 14.7. The fourth-order valence-corrected chi connectivity index (χ4v) is 6.31. The van der Waals surface area contributed by atoms with Gasteiger partial charge in [-0.2, -0.15) is 0 Å². The Hall–Kier alpha value is -0.990. The van der Waals surface area contributed by atoms with Crippen LogP contribution in [0.2, 0.25) is 0 Å². The van der Waals surface area contributed by atoms with Gasteiger partial charge >= 0.3 is 13.8 Å². The lowest BCUT2D eigenvalue weighted by Gasteiger charge is -2.15. The molecule has 0 aliphatic heterocycles. The van der Waals surface area contributed by atoms with Crippen LogP contribution in [0.3, 0.4) is 0 Å². The lowest BCUT2D eigenvalue weighted by atomic mass is 10.0. The van der Waals surface area contributed by atoms with E-state index in [2.05, 4.69) is 19.2 Å². The number of ether oxygens (including phenoxy) is 1. The molecule has 2 unspecified atom stereocenters. The van der Waals surface area contributed by atoms with Gasteiger partial charge in [0.05, 0.1) is 13.2 Å². The zero-order valence-electron chi connectivity index (χ0n) is 30.5. The summed E-state index contributed by atoms with van der Waals surface area (Å²) in [5.74, 6) is -0.514. The molecule has 0 saturated heterocycles. The number of phosphoric acid groups is 1. The van der Waals surface area contributed by atoms with E-state index in [1.165, 1.54) is 128 Å². The van der Waals surface area contributed by atoms with E-state index in [4.69, 9.17) is 13.8 Å². The highest BCUT2D eigenvalue weighted by molar-refractivity contribution is 7.47. The summed E-state index contributed by atoms with van der Waals surface area (Å²) in [6, 6.07) is 0. The van der Waals surface area contributed by atoms with Crippen LogP contribution in [0.4, 0.5) is 0 Å². The number of hydrogen-bond donors (Lipinski definition) is 3. The third kappa shape index (κ3) is 36.1. The summed E-state index contributed by atoms with van der Waals surface area (Å²) < 4.78 is 26.7. The first-order valence-corrected chi connectivity index (χ1v) is 21.0. The number of aliphatic hydroxyl groups is 1. The van der Waals surface area contributed by atoms with Gasteiger partial charge in [-0.3, -0.25) is 18.6 Å². The first-order valence-electron chi connectivity index (χ1n) is 19.5. The molecule has 0 saturated carbocycles. The third-order valence-electron chi connectivity index (χ3n) is 8.54. The largest absolute Gasteiger partial charge is 0.472 e. The van der Waals surface area contributed by atoms with Crippen molar-refractivity contribution >= 4 is 19.7 Å². The quantitative estimate of drug-likeness (QED) is 0.0333. The molecule has 0 aromatic heterocycles. The van der Waals surface area contributed by atoms with Crippen molar-refractivity contribution in [2.45, 2.75) is 200 Å². The van der Waals surface area contributed by atoms with Crippen molar-refractivity contribution in [3.05, 3.63) is 0 Å². The summed E-state index contributed by atoms with van der Waals surface area (Å²) >= 11 is 0. The molecular formula is C37H74NO8P. The van der Waals surface area contributed by atoms with E-state index in [1.54, 1.807) is 0 Å². The molecule has 0 aromatic carbocycles. The Kier molecular flexibility index (Phi) is 34.1. The van der Waals surface area contributed by atoms with Crippen LogP contribution in [0.1, 0.15) is 194 Å². The van der Waals surface area contributed by atoms with Gasteiger partial charge in [-0.25, -0.2) is 4.57 Å². The second-order valence-electron chi connectivity index (χ2n) is 13.3. The lowest BCUT2D eigenvalue weighted by Crippen LogP contribution is -2.27. The summed E-state index contributed by atoms with van der Waals surface area (Å²) in [4.78, 5) is 33.6. The van der Waals surface area contributed by atoms with Gasteiger partial charge in [-0.15, -0.1) is 0 Å². The maximum absolute atomic E-state index is 12.0. The first kappa shape index (κ1) is 46.0. The number of aliphatic hydroxyl groups excluding tert-OH is 1. The van der Waals surface area contributed by atoms with Crippen molar-refractivity contribution in [2.75, 3.05) is 26.4 Å². The van der Waals surface area contributed by atoms with Crippen LogP contribution in [0.5, 0.6) is 0 Å². The topological polar surface area (TPSA) is 131 Å². The predicted molar refractivity (Wildman–Crippen MR) is 192 cm³/mol. The van der Waals surface area contributed by atoms with Crippen molar-refractivity contribution in [3.63, 3.8) is 0 Å². The van der Waals surface area contributed by atoms with Crippen LogP contribution in [0, 0.1) is 0 Å². The lowest BCUT2D eigenvalue weighted by molar-refractivity contribution is -0.147. The Morgan fingerprint density at radius 1 is 0.574 bits per heavy atom. The highest BCUT2D eigenvalue weighted by Crippen LogP contribution is 2.42. The van der Waals surface area contributed by atoms with Crippen molar-refractivity contribution in [1.29, 1.82) is 0 Å². The highest BCUT2D eigenvalue weighted by atomic mass is 31.2. The number of nitrogens with one attached hydrogen (secondary N) is 1. The third-order valence-corrected chi connectivity index (χ3v) is 9.52. The number of hydrogen-bond acceptors (Lipinski definition) is 7. The zero-order valence-corrected chi connectivity index (χ0v) is 31.4. The maximum atomic E-state index is 12.0. The number of phosphoric ester groups is 1. The molecule has 0 aliphatic rings. The van der Waals surface area contributed by atoms with Crippen LogP contribution in [0.15, 0.2) is 0 Å². The molecule has 0 aromatic rings. The van der Waals surface area contributed by atoms with Crippen LogP contribution in [-0.2, 0) is 27.9 Å². The number of carbonyl (C=O) groups excluding carboxylic acids is 2. The van der Waals surface area contributed by atoms with Crippen molar-refractivity contribution in [2.24, 2.45) is 0 Å². The second kappa shape index (κ2) is 34.9. The Labute approximate surface area is 288 Å². The average Bonchev–Trinajstić information content (AvgIpc) is 3.05. The molecular weight excluding hydrogens is 617 g/mol. The van der Waals surface area contributed by atoms with E-state index in [-0.39, 0.29) is 32.1 Å². The van der Waals surface area contributed by atoms with Gasteiger partial charge in [-0.1, -0.05) is 168 Å². The normalized spacial score (nSPS) is 13.4. The predicted octanol–water partition coefficient (Wildman–Crippen LogP) is 10.1. The minimum absolute atomic E-state index is 0.0879. The highest BCUT2D eigenvalue weighted by Gasteiger charge is 2.23. The van der Waals surface area contributed by atoms with Crippen molar-refractivity contribution < 1.29 is 37.9 Å². The average molecular weight is 692 g/mol. The Morgan fingerprint density at radius 2 is 0.957 bits per heavy atom. The number of amides is 1.